The second-order valence-corrected chi connectivity index (χ2v) is 7.06. The topological polar surface area (TPSA) is 99.0 Å². The number of aromatic nitrogens is 2. The maximum atomic E-state index is 12.3. The van der Waals surface area contributed by atoms with Crippen molar-refractivity contribution in [3.63, 3.8) is 0 Å². The molecule has 1 aliphatic carbocycles. The molecule has 6 nitrogen and oxygen atoms in total. The first kappa shape index (κ1) is 18.4. The van der Waals surface area contributed by atoms with Gasteiger partial charge in [0, 0.05) is 24.2 Å². The van der Waals surface area contributed by atoms with E-state index in [1.54, 1.807) is 6.08 Å². The average Bonchev–Trinajstić information content (AvgIpc) is 3.19. The number of ketones is 1. The number of hydrogen-bond donors (Lipinski definition) is 2. The summed E-state index contributed by atoms with van der Waals surface area (Å²) in [5.41, 5.74) is 5.12. The van der Waals surface area contributed by atoms with Gasteiger partial charge in [0.15, 0.2) is 5.78 Å². The van der Waals surface area contributed by atoms with Gasteiger partial charge in [-0.05, 0) is 42.5 Å². The highest BCUT2D eigenvalue weighted by Gasteiger charge is 2.28. The van der Waals surface area contributed by atoms with Gasteiger partial charge in [-0.1, -0.05) is 24.3 Å². The van der Waals surface area contributed by atoms with Gasteiger partial charge in [-0.2, -0.15) is 10.4 Å². The predicted octanol–water partition coefficient (Wildman–Crippen LogP) is 3.62. The normalized spacial score (nSPS) is 19.7. The Morgan fingerprint density at radius 2 is 2.21 bits per heavy atom. The van der Waals surface area contributed by atoms with Gasteiger partial charge in [0.05, 0.1) is 29.7 Å². The van der Waals surface area contributed by atoms with E-state index in [0.29, 0.717) is 6.61 Å². The highest BCUT2D eigenvalue weighted by atomic mass is 16.5. The Morgan fingerprint density at radius 3 is 2.93 bits per heavy atom. The summed E-state index contributed by atoms with van der Waals surface area (Å²) < 4.78 is 5.97. The first-order chi connectivity index (χ1) is 13.7. The lowest BCUT2D eigenvalue weighted by atomic mass is 9.88. The van der Waals surface area contributed by atoms with Gasteiger partial charge >= 0.3 is 0 Å². The maximum absolute atomic E-state index is 12.3. The number of Topliss-reactive ketones (excluding diaryl/α,β-unsaturated/α-hetero) is 1. The fourth-order valence-corrected chi connectivity index (χ4v) is 3.78. The van der Waals surface area contributed by atoms with Gasteiger partial charge in [0.1, 0.15) is 6.07 Å². The molecule has 2 aromatic rings. The number of nitrogens with zero attached hydrogens (tertiary/aromatic N) is 2. The van der Waals surface area contributed by atoms with Crippen molar-refractivity contribution in [3.05, 3.63) is 58.8 Å². The minimum atomic E-state index is -0.188. The van der Waals surface area contributed by atoms with Crippen molar-refractivity contribution in [3.8, 4) is 17.3 Å². The van der Waals surface area contributed by atoms with Crippen molar-refractivity contribution in [1.29, 1.82) is 5.26 Å². The Morgan fingerprint density at radius 1 is 1.32 bits per heavy atom. The SMILES string of the molecule is N#CC1=CC=C(c2c(-c3cccc(CO)c3)n[nH]c2C2CCCCO2)CC1=O. The molecule has 0 spiro atoms. The molecular formula is C22H21N3O3. The molecule has 1 aromatic carbocycles. The van der Waals surface area contributed by atoms with Crippen LogP contribution in [-0.4, -0.2) is 27.7 Å². The fraction of sp³-hybridized carbons (Fsp3) is 0.318. The molecule has 0 radical (unpaired) electrons. The molecule has 1 unspecified atom stereocenters. The number of benzene rings is 1. The minimum absolute atomic E-state index is 0.0539. The van der Waals surface area contributed by atoms with Crippen molar-refractivity contribution < 1.29 is 14.6 Å². The van der Waals surface area contributed by atoms with E-state index < -0.39 is 0 Å². The van der Waals surface area contributed by atoms with Crippen LogP contribution >= 0.6 is 0 Å². The highest BCUT2D eigenvalue weighted by Crippen LogP contribution is 2.39. The molecule has 2 aliphatic rings. The second kappa shape index (κ2) is 7.93. The molecule has 0 amide bonds. The van der Waals surface area contributed by atoms with Gasteiger partial charge < -0.3 is 9.84 Å². The first-order valence-corrected chi connectivity index (χ1v) is 9.46. The van der Waals surface area contributed by atoms with Crippen LogP contribution in [0, 0.1) is 11.3 Å². The van der Waals surface area contributed by atoms with E-state index in [2.05, 4.69) is 10.2 Å². The molecule has 1 saturated heterocycles. The Balaban J connectivity index is 1.84. The van der Waals surface area contributed by atoms with E-state index in [1.165, 1.54) is 0 Å². The summed E-state index contributed by atoms with van der Waals surface area (Å²) in [6, 6.07) is 9.52. The first-order valence-electron chi connectivity index (χ1n) is 9.46. The van der Waals surface area contributed by atoms with Crippen LogP contribution in [0.5, 0.6) is 0 Å². The summed E-state index contributed by atoms with van der Waals surface area (Å²) in [6.45, 7) is 0.649. The van der Waals surface area contributed by atoms with Gasteiger partial charge in [-0.15, -0.1) is 0 Å². The van der Waals surface area contributed by atoms with Crippen LogP contribution in [0.4, 0.5) is 0 Å². The fourth-order valence-electron chi connectivity index (χ4n) is 3.78. The van der Waals surface area contributed by atoms with Crippen LogP contribution in [-0.2, 0) is 16.1 Å². The van der Waals surface area contributed by atoms with Crippen LogP contribution < -0.4 is 0 Å². The Bertz CT molecular complexity index is 1000. The molecule has 1 atom stereocenters. The van der Waals surface area contributed by atoms with E-state index >= 15 is 0 Å². The maximum Gasteiger partial charge on any atom is 0.177 e. The molecule has 4 rings (SSSR count). The molecule has 142 valence electrons. The molecular weight excluding hydrogens is 354 g/mol. The predicted molar refractivity (Wildman–Crippen MR) is 104 cm³/mol. The largest absolute Gasteiger partial charge is 0.392 e. The van der Waals surface area contributed by atoms with Gasteiger partial charge in [-0.25, -0.2) is 0 Å². The zero-order valence-electron chi connectivity index (χ0n) is 15.4. The van der Waals surface area contributed by atoms with Crippen LogP contribution in [0.15, 0.2) is 42.0 Å². The molecule has 1 aliphatic heterocycles. The zero-order valence-corrected chi connectivity index (χ0v) is 15.4. The van der Waals surface area contributed by atoms with E-state index in [-0.39, 0.29) is 30.5 Å². The molecule has 6 heteroatoms. The van der Waals surface area contributed by atoms with Crippen LogP contribution in [0.3, 0.4) is 0 Å². The summed E-state index contributed by atoms with van der Waals surface area (Å²) in [6.07, 6.45) is 6.49. The summed E-state index contributed by atoms with van der Waals surface area (Å²) in [5, 5.41) is 26.3. The second-order valence-electron chi connectivity index (χ2n) is 7.06. The number of H-pyrrole nitrogens is 1. The van der Waals surface area contributed by atoms with E-state index in [1.807, 2.05) is 36.4 Å². The lowest BCUT2D eigenvalue weighted by Gasteiger charge is -2.23. The number of allylic oxidation sites excluding steroid dienone is 4. The quantitative estimate of drug-likeness (QED) is 0.850. The molecule has 2 N–H and O–H groups in total. The molecule has 1 aromatic heterocycles. The number of rotatable bonds is 4. The summed E-state index contributed by atoms with van der Waals surface area (Å²) >= 11 is 0. The Labute approximate surface area is 163 Å². The highest BCUT2D eigenvalue weighted by molar-refractivity contribution is 6.08. The molecule has 28 heavy (non-hydrogen) atoms. The Hall–Kier alpha value is -3.01. The standard InChI is InChI=1S/C22H21N3O3/c23-12-17-8-7-15(11-18(17)27)20-21(16-5-3-4-14(10-16)13-26)24-25-22(20)19-6-1-2-9-28-19/h3-5,7-8,10,19,26H,1-2,6,9,11,13H2,(H,24,25). The number of carbonyl (C=O) groups excluding carboxylic acids is 1. The van der Waals surface area contributed by atoms with Gasteiger partial charge in [0.2, 0.25) is 0 Å². The lowest BCUT2D eigenvalue weighted by Crippen LogP contribution is -2.14. The van der Waals surface area contributed by atoms with Crippen LogP contribution in [0.25, 0.3) is 16.8 Å². The average molecular weight is 375 g/mol. The van der Waals surface area contributed by atoms with Gasteiger partial charge in [-0.3, -0.25) is 9.89 Å². The van der Waals surface area contributed by atoms with Crippen LogP contribution in [0.2, 0.25) is 0 Å². The number of aliphatic hydroxyl groups is 1. The summed E-state index contributed by atoms with van der Waals surface area (Å²) in [5.74, 6) is -0.188. The van der Waals surface area contributed by atoms with Crippen molar-refractivity contribution in [1.82, 2.24) is 10.2 Å². The van der Waals surface area contributed by atoms with Crippen molar-refractivity contribution >= 4 is 11.4 Å². The smallest absolute Gasteiger partial charge is 0.177 e. The van der Waals surface area contributed by atoms with Crippen molar-refractivity contribution in [2.75, 3.05) is 6.61 Å². The molecule has 0 saturated carbocycles. The monoisotopic (exact) mass is 375 g/mol. The minimum Gasteiger partial charge on any atom is -0.392 e. The zero-order chi connectivity index (χ0) is 19.5. The van der Waals surface area contributed by atoms with E-state index in [4.69, 9.17) is 10.00 Å². The number of nitriles is 1. The number of nitrogens with one attached hydrogen (secondary N) is 1. The molecule has 2 heterocycles. The van der Waals surface area contributed by atoms with E-state index in [9.17, 15) is 9.90 Å². The summed E-state index contributed by atoms with van der Waals surface area (Å²) in [4.78, 5) is 12.3. The number of hydrogen-bond acceptors (Lipinski definition) is 5. The van der Waals surface area contributed by atoms with Crippen LogP contribution in [0.1, 0.15) is 48.6 Å². The summed E-state index contributed by atoms with van der Waals surface area (Å²) in [7, 11) is 0. The number of ether oxygens (including phenoxy) is 1. The third-order valence-electron chi connectivity index (χ3n) is 5.22. The lowest BCUT2D eigenvalue weighted by molar-refractivity contribution is -0.114. The Kier molecular flexibility index (Phi) is 5.20. The van der Waals surface area contributed by atoms with Crippen molar-refractivity contribution in [2.45, 2.75) is 38.4 Å². The van der Waals surface area contributed by atoms with Crippen molar-refractivity contribution in [2.24, 2.45) is 0 Å². The number of aromatic amines is 1. The number of carbonyl (C=O) groups is 1. The third-order valence-corrected chi connectivity index (χ3v) is 5.22. The molecule has 1 fully saturated rings. The van der Waals surface area contributed by atoms with E-state index in [0.717, 1.165) is 52.9 Å². The van der Waals surface area contributed by atoms with Gasteiger partial charge in [0.25, 0.3) is 0 Å². The molecule has 0 bridgehead atoms. The number of aliphatic hydroxyl groups excluding tert-OH is 1. The third kappa shape index (κ3) is 3.42.